The molecule has 2 N–H and O–H groups in total. The largest absolute Gasteiger partial charge is 0.463 e. The second-order valence-electron chi connectivity index (χ2n) is 7.52. The second kappa shape index (κ2) is 9.53. The molecule has 0 bridgehead atoms. The van der Waals surface area contributed by atoms with Gasteiger partial charge in [-0.25, -0.2) is 9.18 Å². The summed E-state index contributed by atoms with van der Waals surface area (Å²) in [5, 5.41) is 0. The summed E-state index contributed by atoms with van der Waals surface area (Å²) in [5.74, 6) is -2.07. The number of esters is 2. The minimum atomic E-state index is -2.29. The number of nitrogens with two attached hydrogens (primary N) is 1. The van der Waals surface area contributed by atoms with Crippen LogP contribution in [0, 0.1) is 11.8 Å². The second-order valence-corrected chi connectivity index (χ2v) is 7.52. The van der Waals surface area contributed by atoms with Crippen molar-refractivity contribution in [3.05, 3.63) is 22.7 Å². The summed E-state index contributed by atoms with van der Waals surface area (Å²) >= 11 is 0. The molecule has 0 unspecified atom stereocenters. The third-order valence-corrected chi connectivity index (χ3v) is 4.36. The van der Waals surface area contributed by atoms with Crippen LogP contribution >= 0.6 is 12.4 Å². The highest BCUT2D eigenvalue weighted by Gasteiger charge is 2.58. The summed E-state index contributed by atoms with van der Waals surface area (Å²) in [4.78, 5) is 39.6. The first-order chi connectivity index (χ1) is 12.9. The van der Waals surface area contributed by atoms with Crippen molar-refractivity contribution in [2.75, 3.05) is 12.3 Å². The molecule has 1 saturated heterocycles. The van der Waals surface area contributed by atoms with E-state index in [0.717, 1.165) is 11.5 Å². The molecule has 0 aromatic carbocycles. The molecule has 0 aliphatic carbocycles. The predicted octanol–water partition coefficient (Wildman–Crippen LogP) is 1.64. The average molecular weight is 436 g/mol. The molecule has 2 heterocycles. The fraction of sp³-hybridized carbons (Fsp3) is 0.667. The topological polar surface area (TPSA) is 123 Å². The van der Waals surface area contributed by atoms with Gasteiger partial charge in [-0.3, -0.25) is 14.2 Å². The van der Waals surface area contributed by atoms with Crippen molar-refractivity contribution in [2.45, 2.75) is 58.7 Å². The summed E-state index contributed by atoms with van der Waals surface area (Å²) in [7, 11) is 0. The number of anilines is 1. The van der Waals surface area contributed by atoms with Gasteiger partial charge in [-0.2, -0.15) is 4.98 Å². The number of nitrogens with zero attached hydrogens (tertiary/aromatic N) is 2. The van der Waals surface area contributed by atoms with Crippen LogP contribution in [-0.4, -0.2) is 46.0 Å². The van der Waals surface area contributed by atoms with E-state index < -0.39 is 53.6 Å². The fourth-order valence-electron chi connectivity index (χ4n) is 2.73. The number of hydrogen-bond donors (Lipinski definition) is 1. The molecule has 0 saturated carbocycles. The van der Waals surface area contributed by atoms with Crippen LogP contribution < -0.4 is 11.4 Å². The Hall–Kier alpha value is -2.20. The van der Waals surface area contributed by atoms with Gasteiger partial charge in [-0.05, 0) is 13.0 Å². The van der Waals surface area contributed by atoms with Crippen molar-refractivity contribution in [1.29, 1.82) is 0 Å². The van der Waals surface area contributed by atoms with Gasteiger partial charge in [-0.15, -0.1) is 12.4 Å². The number of aromatic nitrogens is 2. The molecule has 1 aromatic heterocycles. The van der Waals surface area contributed by atoms with E-state index in [2.05, 4.69) is 4.98 Å². The van der Waals surface area contributed by atoms with Crippen molar-refractivity contribution in [3.8, 4) is 0 Å². The molecule has 29 heavy (non-hydrogen) atoms. The van der Waals surface area contributed by atoms with Crippen LogP contribution in [-0.2, 0) is 23.8 Å². The lowest BCUT2D eigenvalue weighted by molar-refractivity contribution is -0.165. The van der Waals surface area contributed by atoms with Crippen molar-refractivity contribution in [2.24, 2.45) is 11.8 Å². The molecular formula is C18H27ClFN3O6. The van der Waals surface area contributed by atoms with E-state index in [9.17, 15) is 14.4 Å². The van der Waals surface area contributed by atoms with E-state index >= 15 is 4.39 Å². The Kier molecular flexibility index (Phi) is 8.16. The number of carbonyl (C=O) groups is 2. The lowest BCUT2D eigenvalue weighted by atomic mass is 9.98. The van der Waals surface area contributed by atoms with Crippen molar-refractivity contribution in [1.82, 2.24) is 9.55 Å². The monoisotopic (exact) mass is 435 g/mol. The number of alkyl halides is 1. The van der Waals surface area contributed by atoms with Crippen LogP contribution in [0.15, 0.2) is 17.1 Å². The van der Waals surface area contributed by atoms with E-state index in [1.165, 1.54) is 12.3 Å². The van der Waals surface area contributed by atoms with E-state index in [1.54, 1.807) is 27.7 Å². The molecule has 1 aliphatic heterocycles. The smallest absolute Gasteiger partial charge is 0.351 e. The third kappa shape index (κ3) is 5.45. The van der Waals surface area contributed by atoms with Gasteiger partial charge in [0, 0.05) is 6.20 Å². The Morgan fingerprint density at radius 3 is 2.41 bits per heavy atom. The first-order valence-corrected chi connectivity index (χ1v) is 9.01. The van der Waals surface area contributed by atoms with Gasteiger partial charge in [-0.1, -0.05) is 27.7 Å². The molecule has 1 aromatic rings. The summed E-state index contributed by atoms with van der Waals surface area (Å²) in [5.41, 5.74) is 2.36. The van der Waals surface area contributed by atoms with E-state index in [1.807, 2.05) is 0 Å². The Morgan fingerprint density at radius 1 is 1.31 bits per heavy atom. The van der Waals surface area contributed by atoms with Crippen molar-refractivity contribution >= 4 is 30.2 Å². The van der Waals surface area contributed by atoms with Crippen molar-refractivity contribution < 1.29 is 28.2 Å². The summed E-state index contributed by atoms with van der Waals surface area (Å²) in [6, 6.07) is 1.32. The van der Waals surface area contributed by atoms with Gasteiger partial charge < -0.3 is 19.9 Å². The molecule has 0 radical (unpaired) electrons. The summed E-state index contributed by atoms with van der Waals surface area (Å²) in [6.07, 6.45) is -2.69. The van der Waals surface area contributed by atoms with Gasteiger partial charge in [0.05, 0.1) is 11.8 Å². The molecule has 9 nitrogen and oxygen atoms in total. The van der Waals surface area contributed by atoms with Crippen molar-refractivity contribution in [3.63, 3.8) is 0 Å². The van der Waals surface area contributed by atoms with E-state index in [-0.39, 0.29) is 24.8 Å². The van der Waals surface area contributed by atoms with Crippen LogP contribution in [0.2, 0.25) is 0 Å². The molecule has 0 spiro atoms. The Bertz CT molecular complexity index is 798. The molecular weight excluding hydrogens is 409 g/mol. The maximum Gasteiger partial charge on any atom is 0.351 e. The van der Waals surface area contributed by atoms with Gasteiger partial charge in [0.15, 0.2) is 18.0 Å². The summed E-state index contributed by atoms with van der Waals surface area (Å²) in [6.45, 7) is 7.33. The lowest BCUT2D eigenvalue weighted by Crippen LogP contribution is -2.46. The molecule has 11 heteroatoms. The Morgan fingerprint density at radius 2 is 1.90 bits per heavy atom. The van der Waals surface area contributed by atoms with Crippen LogP contribution in [0.3, 0.4) is 0 Å². The number of carbonyl (C=O) groups excluding carboxylic acids is 2. The molecule has 1 fully saturated rings. The quantitative estimate of drug-likeness (QED) is 0.669. The number of nitrogen functional groups attached to an aromatic ring is 1. The van der Waals surface area contributed by atoms with E-state index in [4.69, 9.17) is 19.9 Å². The zero-order valence-electron chi connectivity index (χ0n) is 17.0. The number of hydrogen-bond acceptors (Lipinski definition) is 8. The minimum Gasteiger partial charge on any atom is -0.463 e. The Labute approximate surface area is 174 Å². The normalized spacial score (nSPS) is 26.3. The maximum absolute atomic E-state index is 15.7. The first-order valence-electron chi connectivity index (χ1n) is 9.01. The van der Waals surface area contributed by atoms with E-state index in [0.29, 0.717) is 0 Å². The van der Waals surface area contributed by atoms with Crippen LogP contribution in [0.5, 0.6) is 0 Å². The molecule has 2 rings (SSSR count). The Balaban J connectivity index is 0.00000420. The summed E-state index contributed by atoms with van der Waals surface area (Å²) < 4.78 is 32.7. The fourth-order valence-corrected chi connectivity index (χ4v) is 2.73. The van der Waals surface area contributed by atoms with Gasteiger partial charge in [0.25, 0.3) is 0 Å². The predicted molar refractivity (Wildman–Crippen MR) is 104 cm³/mol. The molecule has 4 atom stereocenters. The zero-order valence-corrected chi connectivity index (χ0v) is 17.8. The maximum atomic E-state index is 15.7. The first kappa shape index (κ1) is 24.8. The third-order valence-electron chi connectivity index (χ3n) is 4.36. The molecule has 0 amide bonds. The standard InChI is InChI=1S/C18H26FN3O6.ClH/c1-9(2)14(23)26-8-11-13(28-15(24)10(3)4)18(5,19)16(27-11)22-7-6-12(20)21-17(22)25;/h6-7,9-11,13,16H,8H2,1-5H3,(H2,20,21,25);1H/t11-,13-,16-,18-;/m1./s1. The van der Waals surface area contributed by atoms with Crippen LogP contribution in [0.1, 0.15) is 40.8 Å². The average Bonchev–Trinajstić information content (AvgIpc) is 2.83. The SMILES string of the molecule is CC(C)C(=O)OC[C@H]1O[C@@H](n2ccc(N)nc2=O)[C@](C)(F)[C@@H]1OC(=O)C(C)C.Cl. The highest BCUT2D eigenvalue weighted by Crippen LogP contribution is 2.42. The molecule has 1 aliphatic rings. The number of ether oxygens (including phenoxy) is 3. The highest BCUT2D eigenvalue weighted by molar-refractivity contribution is 5.85. The number of rotatable bonds is 6. The zero-order chi connectivity index (χ0) is 21.2. The van der Waals surface area contributed by atoms with Gasteiger partial charge >= 0.3 is 17.6 Å². The van der Waals surface area contributed by atoms with Crippen LogP contribution in [0.4, 0.5) is 10.2 Å². The number of halogens is 2. The van der Waals surface area contributed by atoms with Gasteiger partial charge in [0.2, 0.25) is 0 Å². The van der Waals surface area contributed by atoms with Gasteiger partial charge in [0.1, 0.15) is 18.5 Å². The lowest BCUT2D eigenvalue weighted by Gasteiger charge is -2.28. The van der Waals surface area contributed by atoms with Crippen LogP contribution in [0.25, 0.3) is 0 Å². The highest BCUT2D eigenvalue weighted by atomic mass is 35.5. The minimum absolute atomic E-state index is 0. The molecule has 164 valence electrons.